The van der Waals surface area contributed by atoms with Gasteiger partial charge in [0.2, 0.25) is 0 Å². The summed E-state index contributed by atoms with van der Waals surface area (Å²) in [5.41, 5.74) is 0.352. The zero-order valence-electron chi connectivity index (χ0n) is 15.8. The van der Waals surface area contributed by atoms with Crippen LogP contribution in [0.5, 0.6) is 17.2 Å². The number of imide groups is 2. The van der Waals surface area contributed by atoms with Crippen LogP contribution in [0.25, 0.3) is 6.08 Å². The molecule has 1 N–H and O–H groups in total. The van der Waals surface area contributed by atoms with Gasteiger partial charge < -0.3 is 14.2 Å². The van der Waals surface area contributed by atoms with Crippen LogP contribution in [0.4, 0.5) is 10.5 Å². The van der Waals surface area contributed by atoms with Crippen molar-refractivity contribution in [3.63, 3.8) is 0 Å². The maximum Gasteiger partial charge on any atom is 0.335 e. The Kier molecular flexibility index (Phi) is 5.74. The third-order valence-electron chi connectivity index (χ3n) is 4.23. The van der Waals surface area contributed by atoms with Crippen LogP contribution in [-0.4, -0.2) is 39.2 Å². The van der Waals surface area contributed by atoms with Gasteiger partial charge in [0.25, 0.3) is 11.8 Å². The van der Waals surface area contributed by atoms with E-state index in [0.717, 1.165) is 4.90 Å². The summed E-state index contributed by atoms with van der Waals surface area (Å²) in [4.78, 5) is 38.5. The Labute approximate surface area is 171 Å². The number of benzene rings is 2. The fourth-order valence-corrected chi connectivity index (χ4v) is 2.93. The number of hydrogen-bond acceptors (Lipinski definition) is 6. The number of carbonyl (C=O) groups is 3. The third-order valence-corrected chi connectivity index (χ3v) is 4.48. The Hall–Kier alpha value is -3.52. The van der Waals surface area contributed by atoms with Crippen molar-refractivity contribution in [2.75, 3.05) is 26.2 Å². The van der Waals surface area contributed by atoms with Gasteiger partial charge in [-0.05, 0) is 30.3 Å². The van der Waals surface area contributed by atoms with Crippen LogP contribution in [0.1, 0.15) is 5.56 Å². The molecule has 3 rings (SSSR count). The molecule has 4 amide bonds. The minimum absolute atomic E-state index is 0.263. The molecular weight excluding hydrogens is 400 g/mol. The van der Waals surface area contributed by atoms with E-state index in [2.05, 4.69) is 5.32 Å². The Morgan fingerprint density at radius 2 is 1.52 bits per heavy atom. The average Bonchev–Trinajstić information content (AvgIpc) is 2.71. The van der Waals surface area contributed by atoms with Crippen LogP contribution in [-0.2, 0) is 9.59 Å². The summed E-state index contributed by atoms with van der Waals surface area (Å²) in [5.74, 6) is -0.502. The number of ether oxygens (including phenoxy) is 3. The molecule has 9 heteroatoms. The molecule has 1 heterocycles. The molecule has 150 valence electrons. The number of hydrogen-bond donors (Lipinski definition) is 1. The van der Waals surface area contributed by atoms with Crippen LogP contribution in [0, 0.1) is 0 Å². The topological polar surface area (TPSA) is 94.2 Å². The highest BCUT2D eigenvalue weighted by atomic mass is 35.5. The van der Waals surface area contributed by atoms with Crippen molar-refractivity contribution in [1.29, 1.82) is 0 Å². The van der Waals surface area contributed by atoms with Crippen LogP contribution < -0.4 is 24.4 Å². The molecular formula is C20H17ClN2O6. The number of rotatable bonds is 5. The maximum atomic E-state index is 13.0. The number of barbiturate groups is 1. The van der Waals surface area contributed by atoms with Gasteiger partial charge in [-0.3, -0.25) is 14.9 Å². The van der Waals surface area contributed by atoms with Gasteiger partial charge in [0.15, 0.2) is 0 Å². The van der Waals surface area contributed by atoms with Gasteiger partial charge in [0, 0.05) is 17.2 Å². The predicted molar refractivity (Wildman–Crippen MR) is 107 cm³/mol. The fraction of sp³-hybridized carbons (Fsp3) is 0.150. The number of carbonyl (C=O) groups excluding carboxylic acids is 3. The van der Waals surface area contributed by atoms with Gasteiger partial charge >= 0.3 is 6.03 Å². The lowest BCUT2D eigenvalue weighted by atomic mass is 10.0. The molecule has 0 spiro atoms. The van der Waals surface area contributed by atoms with E-state index in [1.165, 1.54) is 51.7 Å². The molecule has 0 unspecified atom stereocenters. The van der Waals surface area contributed by atoms with Crippen LogP contribution in [0.15, 0.2) is 42.0 Å². The summed E-state index contributed by atoms with van der Waals surface area (Å²) in [7, 11) is 4.35. The Morgan fingerprint density at radius 1 is 0.931 bits per heavy atom. The van der Waals surface area contributed by atoms with E-state index in [4.69, 9.17) is 25.8 Å². The number of halogens is 1. The third kappa shape index (κ3) is 3.88. The van der Waals surface area contributed by atoms with Gasteiger partial charge in [0.05, 0.1) is 32.6 Å². The van der Waals surface area contributed by atoms with E-state index in [0.29, 0.717) is 27.8 Å². The zero-order valence-corrected chi connectivity index (χ0v) is 16.6. The van der Waals surface area contributed by atoms with E-state index in [-0.39, 0.29) is 11.3 Å². The number of methoxy groups -OCH3 is 3. The van der Waals surface area contributed by atoms with Crippen molar-refractivity contribution in [3.8, 4) is 17.2 Å². The summed E-state index contributed by atoms with van der Waals surface area (Å²) < 4.78 is 15.9. The van der Waals surface area contributed by atoms with Crippen molar-refractivity contribution in [3.05, 3.63) is 52.6 Å². The minimum Gasteiger partial charge on any atom is -0.496 e. The zero-order chi connectivity index (χ0) is 21.1. The Morgan fingerprint density at radius 3 is 2.03 bits per heavy atom. The standard InChI is InChI=1S/C20H17ClN2O6/c1-27-13-8-16(28-2)14(17(9-13)29-3)10-15-18(24)22-20(26)23(19(15)25)12-6-4-11(21)5-7-12/h4-10H,1-3H3,(H,22,24,26). The summed E-state index contributed by atoms with van der Waals surface area (Å²) >= 11 is 5.87. The van der Waals surface area contributed by atoms with Gasteiger partial charge in [0.1, 0.15) is 22.8 Å². The van der Waals surface area contributed by atoms with Gasteiger partial charge in [-0.15, -0.1) is 0 Å². The first-order valence-corrected chi connectivity index (χ1v) is 8.74. The quantitative estimate of drug-likeness (QED) is 0.594. The predicted octanol–water partition coefficient (Wildman–Crippen LogP) is 3.03. The average molecular weight is 417 g/mol. The summed E-state index contributed by atoms with van der Waals surface area (Å²) in [6.45, 7) is 0. The largest absolute Gasteiger partial charge is 0.496 e. The normalized spacial score (nSPS) is 15.4. The highest BCUT2D eigenvalue weighted by Crippen LogP contribution is 2.36. The van der Waals surface area contributed by atoms with Crippen molar-refractivity contribution in [1.82, 2.24) is 5.32 Å². The molecule has 0 aromatic heterocycles. The first kappa shape index (κ1) is 20.2. The number of urea groups is 1. The molecule has 1 aliphatic rings. The van der Waals surface area contributed by atoms with Crippen molar-refractivity contribution >= 4 is 41.2 Å². The molecule has 0 aliphatic carbocycles. The van der Waals surface area contributed by atoms with E-state index in [9.17, 15) is 14.4 Å². The minimum atomic E-state index is -0.854. The molecule has 8 nitrogen and oxygen atoms in total. The Balaban J connectivity index is 2.11. The van der Waals surface area contributed by atoms with Crippen molar-refractivity contribution in [2.45, 2.75) is 0 Å². The van der Waals surface area contributed by atoms with Crippen LogP contribution in [0.3, 0.4) is 0 Å². The molecule has 2 aromatic carbocycles. The summed E-state index contributed by atoms with van der Waals surface area (Å²) in [5, 5.41) is 2.60. The lowest BCUT2D eigenvalue weighted by Gasteiger charge is -2.26. The van der Waals surface area contributed by atoms with E-state index in [1.54, 1.807) is 12.1 Å². The van der Waals surface area contributed by atoms with E-state index >= 15 is 0 Å². The summed E-state index contributed by atoms with van der Waals surface area (Å²) in [6.07, 6.45) is 1.31. The van der Waals surface area contributed by atoms with Crippen molar-refractivity contribution < 1.29 is 28.6 Å². The van der Waals surface area contributed by atoms with Crippen LogP contribution >= 0.6 is 11.6 Å². The summed E-state index contributed by atoms with van der Waals surface area (Å²) in [6, 6.07) is 8.39. The maximum absolute atomic E-state index is 13.0. The number of nitrogens with one attached hydrogen (secondary N) is 1. The van der Waals surface area contributed by atoms with E-state index < -0.39 is 17.8 Å². The first-order valence-electron chi connectivity index (χ1n) is 8.36. The van der Waals surface area contributed by atoms with E-state index in [1.807, 2.05) is 0 Å². The molecule has 0 radical (unpaired) electrons. The molecule has 0 saturated carbocycles. The highest BCUT2D eigenvalue weighted by Gasteiger charge is 2.37. The smallest absolute Gasteiger partial charge is 0.335 e. The molecule has 0 atom stereocenters. The SMILES string of the molecule is COc1cc(OC)c(C=C2C(=O)NC(=O)N(c3ccc(Cl)cc3)C2=O)c(OC)c1. The molecule has 1 aliphatic heterocycles. The Bertz CT molecular complexity index is 991. The lowest BCUT2D eigenvalue weighted by molar-refractivity contribution is -0.122. The van der Waals surface area contributed by atoms with Crippen LogP contribution in [0.2, 0.25) is 5.02 Å². The van der Waals surface area contributed by atoms with Gasteiger partial charge in [-0.2, -0.15) is 0 Å². The number of anilines is 1. The highest BCUT2D eigenvalue weighted by molar-refractivity contribution is 6.39. The second kappa shape index (κ2) is 8.24. The monoisotopic (exact) mass is 416 g/mol. The van der Waals surface area contributed by atoms with Crippen molar-refractivity contribution in [2.24, 2.45) is 0 Å². The van der Waals surface area contributed by atoms with Gasteiger partial charge in [-0.1, -0.05) is 11.6 Å². The second-order valence-electron chi connectivity index (χ2n) is 5.88. The fourth-order valence-electron chi connectivity index (χ4n) is 2.80. The molecule has 1 fully saturated rings. The molecule has 2 aromatic rings. The number of amides is 4. The molecule has 0 bridgehead atoms. The molecule has 1 saturated heterocycles. The second-order valence-corrected chi connectivity index (χ2v) is 6.32. The van der Waals surface area contributed by atoms with Gasteiger partial charge in [-0.25, -0.2) is 9.69 Å². The lowest BCUT2D eigenvalue weighted by Crippen LogP contribution is -2.54. The molecule has 29 heavy (non-hydrogen) atoms. The first-order chi connectivity index (χ1) is 13.9. The number of nitrogens with zero attached hydrogens (tertiary/aromatic N) is 1.